The highest BCUT2D eigenvalue weighted by atomic mass is 16.6. The summed E-state index contributed by atoms with van der Waals surface area (Å²) in [5.74, 6) is 2.75. The Morgan fingerprint density at radius 1 is 1.10 bits per heavy atom. The zero-order valence-electron chi connectivity index (χ0n) is 12.0. The van der Waals surface area contributed by atoms with E-state index in [-0.39, 0.29) is 0 Å². The van der Waals surface area contributed by atoms with Gasteiger partial charge in [0, 0.05) is 11.8 Å². The Balaban J connectivity index is 2.10. The van der Waals surface area contributed by atoms with Crippen LogP contribution >= 0.6 is 0 Å². The molecule has 3 rings (SSSR count). The van der Waals surface area contributed by atoms with Crippen molar-refractivity contribution in [3.63, 3.8) is 0 Å². The molecular weight excluding hydrogens is 252 g/mol. The minimum absolute atomic E-state index is 0.374. The summed E-state index contributed by atoms with van der Waals surface area (Å²) in [6.45, 7) is 7.41. The second kappa shape index (κ2) is 5.12. The van der Waals surface area contributed by atoms with Crippen molar-refractivity contribution in [3.8, 4) is 22.8 Å². The number of benzene rings is 1. The van der Waals surface area contributed by atoms with Gasteiger partial charge in [-0.1, -0.05) is 13.8 Å². The summed E-state index contributed by atoms with van der Waals surface area (Å²) < 4.78 is 11.2. The Labute approximate surface area is 118 Å². The molecule has 0 amide bonds. The van der Waals surface area contributed by atoms with E-state index >= 15 is 0 Å². The van der Waals surface area contributed by atoms with Gasteiger partial charge in [-0.3, -0.25) is 0 Å². The number of aromatic nitrogens is 2. The van der Waals surface area contributed by atoms with Gasteiger partial charge in [0.25, 0.3) is 0 Å². The Bertz CT molecular complexity index is 638. The molecule has 1 aromatic carbocycles. The zero-order chi connectivity index (χ0) is 14.1. The number of fused-ring (bicyclic) bond motifs is 1. The van der Waals surface area contributed by atoms with Crippen LogP contribution in [0.4, 0.5) is 0 Å². The van der Waals surface area contributed by atoms with Crippen LogP contribution in [0.3, 0.4) is 0 Å². The Kier molecular flexibility index (Phi) is 3.30. The second-order valence-corrected chi connectivity index (χ2v) is 5.23. The summed E-state index contributed by atoms with van der Waals surface area (Å²) >= 11 is 0. The lowest BCUT2D eigenvalue weighted by Gasteiger charge is -2.19. The Morgan fingerprint density at radius 3 is 2.60 bits per heavy atom. The van der Waals surface area contributed by atoms with Gasteiger partial charge in [-0.2, -0.15) is 0 Å². The van der Waals surface area contributed by atoms with Crippen molar-refractivity contribution in [2.24, 2.45) is 0 Å². The molecule has 0 saturated carbocycles. The normalized spacial score (nSPS) is 13.6. The van der Waals surface area contributed by atoms with Crippen molar-refractivity contribution in [1.29, 1.82) is 0 Å². The van der Waals surface area contributed by atoms with Crippen molar-refractivity contribution in [2.75, 3.05) is 13.2 Å². The third-order valence-corrected chi connectivity index (χ3v) is 3.38. The first-order chi connectivity index (χ1) is 9.65. The summed E-state index contributed by atoms with van der Waals surface area (Å²) in [7, 11) is 0. The molecule has 0 saturated heterocycles. The summed E-state index contributed by atoms with van der Waals surface area (Å²) in [4.78, 5) is 8.91. The number of hydrogen-bond donors (Lipinski definition) is 0. The summed E-state index contributed by atoms with van der Waals surface area (Å²) in [5, 5.41) is 0. The van der Waals surface area contributed by atoms with Gasteiger partial charge in [0.1, 0.15) is 19.0 Å². The van der Waals surface area contributed by atoms with Gasteiger partial charge in [0.2, 0.25) is 0 Å². The van der Waals surface area contributed by atoms with Gasteiger partial charge in [0.15, 0.2) is 11.5 Å². The third kappa shape index (κ3) is 2.33. The van der Waals surface area contributed by atoms with Crippen LogP contribution < -0.4 is 9.47 Å². The highest BCUT2D eigenvalue weighted by Gasteiger charge is 2.16. The zero-order valence-corrected chi connectivity index (χ0v) is 12.0. The summed E-state index contributed by atoms with van der Waals surface area (Å²) in [5.41, 5.74) is 3.17. The molecule has 4 heteroatoms. The Morgan fingerprint density at radius 2 is 1.85 bits per heavy atom. The number of rotatable bonds is 2. The van der Waals surface area contributed by atoms with Crippen molar-refractivity contribution >= 4 is 0 Å². The molecule has 1 aliphatic rings. The van der Waals surface area contributed by atoms with Crippen LogP contribution in [0.5, 0.6) is 11.5 Å². The van der Waals surface area contributed by atoms with E-state index in [0.717, 1.165) is 34.1 Å². The fourth-order valence-electron chi connectivity index (χ4n) is 2.32. The maximum absolute atomic E-state index is 5.65. The van der Waals surface area contributed by atoms with Crippen LogP contribution in [0.1, 0.15) is 31.2 Å². The van der Waals surface area contributed by atoms with E-state index in [9.17, 15) is 0 Å². The fourth-order valence-corrected chi connectivity index (χ4v) is 2.32. The van der Waals surface area contributed by atoms with Crippen LogP contribution in [-0.2, 0) is 0 Å². The standard InChI is InChI=1S/C16H18N2O2/c1-10(2)13-9-17-11(3)18-16(13)12-4-5-14-15(8-12)20-7-6-19-14/h4-5,8-10H,6-7H2,1-3H3. The summed E-state index contributed by atoms with van der Waals surface area (Å²) in [6, 6.07) is 5.98. The highest BCUT2D eigenvalue weighted by molar-refractivity contribution is 5.67. The van der Waals surface area contributed by atoms with Crippen molar-refractivity contribution in [3.05, 3.63) is 35.8 Å². The van der Waals surface area contributed by atoms with Gasteiger partial charge in [-0.15, -0.1) is 0 Å². The first-order valence-corrected chi connectivity index (χ1v) is 6.88. The van der Waals surface area contributed by atoms with Gasteiger partial charge < -0.3 is 9.47 Å². The Hall–Kier alpha value is -2.10. The molecule has 4 nitrogen and oxygen atoms in total. The maximum atomic E-state index is 5.65. The number of ether oxygens (including phenoxy) is 2. The minimum atomic E-state index is 0.374. The number of hydrogen-bond acceptors (Lipinski definition) is 4. The van der Waals surface area contributed by atoms with Crippen LogP contribution in [0.2, 0.25) is 0 Å². The molecule has 2 heterocycles. The number of nitrogens with zero attached hydrogens (tertiary/aromatic N) is 2. The molecule has 0 spiro atoms. The average Bonchev–Trinajstić information content (AvgIpc) is 2.46. The van der Waals surface area contributed by atoms with Gasteiger partial charge in [-0.25, -0.2) is 9.97 Å². The molecule has 1 aromatic heterocycles. The minimum Gasteiger partial charge on any atom is -0.486 e. The SMILES string of the molecule is Cc1ncc(C(C)C)c(-c2ccc3c(c2)OCCO3)n1. The molecule has 0 N–H and O–H groups in total. The lowest BCUT2D eigenvalue weighted by atomic mass is 9.98. The van der Waals surface area contributed by atoms with E-state index in [1.54, 1.807) is 0 Å². The molecule has 0 atom stereocenters. The molecule has 20 heavy (non-hydrogen) atoms. The third-order valence-electron chi connectivity index (χ3n) is 3.38. The topological polar surface area (TPSA) is 44.2 Å². The van der Waals surface area contributed by atoms with Crippen molar-refractivity contribution in [2.45, 2.75) is 26.7 Å². The van der Waals surface area contributed by atoms with E-state index in [1.165, 1.54) is 0 Å². The average molecular weight is 270 g/mol. The molecule has 0 bridgehead atoms. The van der Waals surface area contributed by atoms with E-state index in [4.69, 9.17) is 9.47 Å². The molecule has 0 unspecified atom stereocenters. The van der Waals surface area contributed by atoms with E-state index < -0.39 is 0 Å². The molecule has 104 valence electrons. The quantitative estimate of drug-likeness (QED) is 0.839. The van der Waals surface area contributed by atoms with E-state index in [1.807, 2.05) is 31.3 Å². The van der Waals surface area contributed by atoms with Gasteiger partial charge in [0.05, 0.1) is 5.69 Å². The first kappa shape index (κ1) is 12.9. The molecule has 0 fully saturated rings. The molecular formula is C16H18N2O2. The largest absolute Gasteiger partial charge is 0.486 e. The van der Waals surface area contributed by atoms with Crippen LogP contribution in [0.25, 0.3) is 11.3 Å². The molecule has 1 aliphatic heterocycles. The van der Waals surface area contributed by atoms with Gasteiger partial charge >= 0.3 is 0 Å². The predicted molar refractivity (Wildman–Crippen MR) is 77.3 cm³/mol. The molecule has 0 aliphatic carbocycles. The van der Waals surface area contributed by atoms with Crippen molar-refractivity contribution < 1.29 is 9.47 Å². The number of aryl methyl sites for hydroxylation is 1. The predicted octanol–water partition coefficient (Wildman–Crippen LogP) is 3.35. The van der Waals surface area contributed by atoms with E-state index in [2.05, 4.69) is 23.8 Å². The van der Waals surface area contributed by atoms with Crippen LogP contribution in [0.15, 0.2) is 24.4 Å². The lowest BCUT2D eigenvalue weighted by molar-refractivity contribution is 0.171. The van der Waals surface area contributed by atoms with Crippen LogP contribution in [-0.4, -0.2) is 23.2 Å². The fraction of sp³-hybridized carbons (Fsp3) is 0.375. The van der Waals surface area contributed by atoms with Gasteiger partial charge in [-0.05, 0) is 36.6 Å². The monoisotopic (exact) mass is 270 g/mol. The van der Waals surface area contributed by atoms with E-state index in [0.29, 0.717) is 19.1 Å². The second-order valence-electron chi connectivity index (χ2n) is 5.23. The van der Waals surface area contributed by atoms with Crippen LogP contribution in [0, 0.1) is 6.92 Å². The molecule has 2 aromatic rings. The first-order valence-electron chi connectivity index (χ1n) is 6.88. The maximum Gasteiger partial charge on any atom is 0.162 e. The smallest absolute Gasteiger partial charge is 0.162 e. The van der Waals surface area contributed by atoms with Crippen molar-refractivity contribution in [1.82, 2.24) is 9.97 Å². The lowest BCUT2D eigenvalue weighted by Crippen LogP contribution is -2.15. The molecule has 0 radical (unpaired) electrons. The summed E-state index contributed by atoms with van der Waals surface area (Å²) in [6.07, 6.45) is 1.92. The highest BCUT2D eigenvalue weighted by Crippen LogP contribution is 2.36.